The van der Waals surface area contributed by atoms with E-state index < -0.39 is 5.54 Å². The first-order chi connectivity index (χ1) is 11.1. The van der Waals surface area contributed by atoms with Crippen molar-refractivity contribution in [2.75, 3.05) is 39.3 Å². The van der Waals surface area contributed by atoms with Gasteiger partial charge in [0.15, 0.2) is 0 Å². The zero-order chi connectivity index (χ0) is 16.3. The SMILES string of the molecule is CC(C)(C(=O)NCCN1CCNCC1)n1nnc2ccccc21. The number of rotatable bonds is 5. The minimum Gasteiger partial charge on any atom is -0.353 e. The van der Waals surface area contributed by atoms with E-state index in [4.69, 9.17) is 0 Å². The second kappa shape index (κ2) is 6.64. The van der Waals surface area contributed by atoms with Crippen molar-refractivity contribution in [1.82, 2.24) is 30.5 Å². The fourth-order valence-corrected chi connectivity index (χ4v) is 2.86. The molecule has 1 aliphatic heterocycles. The number of carbonyl (C=O) groups excluding carboxylic acids is 1. The van der Waals surface area contributed by atoms with Crippen LogP contribution in [0.5, 0.6) is 0 Å². The Labute approximate surface area is 136 Å². The second-order valence-corrected chi connectivity index (χ2v) is 6.40. The monoisotopic (exact) mass is 316 g/mol. The van der Waals surface area contributed by atoms with Crippen molar-refractivity contribution in [3.63, 3.8) is 0 Å². The number of piperazine rings is 1. The molecule has 7 heteroatoms. The summed E-state index contributed by atoms with van der Waals surface area (Å²) in [6.45, 7) is 9.37. The molecule has 1 aromatic heterocycles. The van der Waals surface area contributed by atoms with Gasteiger partial charge in [-0.1, -0.05) is 17.3 Å². The Morgan fingerprint density at radius 2 is 2.04 bits per heavy atom. The average molecular weight is 316 g/mol. The smallest absolute Gasteiger partial charge is 0.247 e. The number of fused-ring (bicyclic) bond motifs is 1. The van der Waals surface area contributed by atoms with E-state index in [9.17, 15) is 4.79 Å². The van der Waals surface area contributed by atoms with Gasteiger partial charge in [0.2, 0.25) is 5.91 Å². The van der Waals surface area contributed by atoms with E-state index in [1.54, 1.807) is 4.68 Å². The second-order valence-electron chi connectivity index (χ2n) is 6.40. The van der Waals surface area contributed by atoms with Gasteiger partial charge >= 0.3 is 0 Å². The topological polar surface area (TPSA) is 75.1 Å². The van der Waals surface area contributed by atoms with Crippen LogP contribution in [0.15, 0.2) is 24.3 Å². The van der Waals surface area contributed by atoms with Gasteiger partial charge in [0.25, 0.3) is 0 Å². The van der Waals surface area contributed by atoms with Crippen LogP contribution >= 0.6 is 0 Å². The van der Waals surface area contributed by atoms with Crippen LogP contribution in [0, 0.1) is 0 Å². The number of para-hydroxylation sites is 1. The molecule has 1 aliphatic rings. The number of benzene rings is 1. The summed E-state index contributed by atoms with van der Waals surface area (Å²) in [7, 11) is 0. The van der Waals surface area contributed by atoms with E-state index in [-0.39, 0.29) is 5.91 Å². The van der Waals surface area contributed by atoms with Gasteiger partial charge in [-0.2, -0.15) is 0 Å². The van der Waals surface area contributed by atoms with Gasteiger partial charge in [0, 0.05) is 39.3 Å². The fourth-order valence-electron chi connectivity index (χ4n) is 2.86. The standard InChI is InChI=1S/C16H24N6O/c1-16(2,22-14-6-4-3-5-13(14)19-20-22)15(23)18-9-12-21-10-7-17-8-11-21/h3-6,17H,7-12H2,1-2H3,(H,18,23). The van der Waals surface area contributed by atoms with Crippen molar-refractivity contribution in [1.29, 1.82) is 0 Å². The molecule has 0 spiro atoms. The van der Waals surface area contributed by atoms with Gasteiger partial charge in [0.1, 0.15) is 11.1 Å². The molecule has 1 saturated heterocycles. The number of nitrogens with one attached hydrogen (secondary N) is 2. The molecule has 23 heavy (non-hydrogen) atoms. The molecule has 0 aliphatic carbocycles. The Balaban J connectivity index is 1.63. The maximum atomic E-state index is 12.6. The highest BCUT2D eigenvalue weighted by Gasteiger charge is 2.32. The lowest BCUT2D eigenvalue weighted by Crippen LogP contribution is -2.49. The van der Waals surface area contributed by atoms with Crippen molar-refractivity contribution in [3.05, 3.63) is 24.3 Å². The third kappa shape index (κ3) is 3.35. The number of aromatic nitrogens is 3. The summed E-state index contributed by atoms with van der Waals surface area (Å²) < 4.78 is 1.70. The van der Waals surface area contributed by atoms with Crippen LogP contribution < -0.4 is 10.6 Å². The highest BCUT2D eigenvalue weighted by molar-refractivity contribution is 5.86. The third-order valence-electron chi connectivity index (χ3n) is 4.36. The summed E-state index contributed by atoms with van der Waals surface area (Å²) >= 11 is 0. The van der Waals surface area contributed by atoms with Crippen LogP contribution in [0.25, 0.3) is 11.0 Å². The largest absolute Gasteiger partial charge is 0.353 e. The molecule has 7 nitrogen and oxygen atoms in total. The lowest BCUT2D eigenvalue weighted by molar-refractivity contribution is -0.128. The number of carbonyl (C=O) groups is 1. The van der Waals surface area contributed by atoms with Crippen LogP contribution in [-0.2, 0) is 10.3 Å². The summed E-state index contributed by atoms with van der Waals surface area (Å²) in [6, 6.07) is 7.69. The zero-order valence-corrected chi connectivity index (χ0v) is 13.7. The molecule has 124 valence electrons. The average Bonchev–Trinajstić information content (AvgIpc) is 3.00. The van der Waals surface area contributed by atoms with Gasteiger partial charge in [-0.15, -0.1) is 5.10 Å². The normalized spacial score (nSPS) is 16.6. The van der Waals surface area contributed by atoms with E-state index in [2.05, 4.69) is 25.8 Å². The number of amides is 1. The minimum absolute atomic E-state index is 0.0386. The van der Waals surface area contributed by atoms with Crippen molar-refractivity contribution in [2.24, 2.45) is 0 Å². The summed E-state index contributed by atoms with van der Waals surface area (Å²) in [5, 5.41) is 14.7. The van der Waals surface area contributed by atoms with Gasteiger partial charge in [0.05, 0.1) is 5.52 Å². The van der Waals surface area contributed by atoms with E-state index in [1.807, 2.05) is 38.1 Å². The van der Waals surface area contributed by atoms with Crippen LogP contribution in [0.3, 0.4) is 0 Å². The van der Waals surface area contributed by atoms with Gasteiger partial charge < -0.3 is 10.6 Å². The van der Waals surface area contributed by atoms with Crippen molar-refractivity contribution < 1.29 is 4.79 Å². The lowest BCUT2D eigenvalue weighted by atomic mass is 10.0. The number of nitrogens with zero attached hydrogens (tertiary/aromatic N) is 4. The molecule has 1 amide bonds. The molecule has 0 atom stereocenters. The van der Waals surface area contributed by atoms with Gasteiger partial charge in [-0.25, -0.2) is 4.68 Å². The van der Waals surface area contributed by atoms with Crippen molar-refractivity contribution >= 4 is 16.9 Å². The Kier molecular flexibility index (Phi) is 4.58. The minimum atomic E-state index is -0.778. The zero-order valence-electron chi connectivity index (χ0n) is 13.7. The first kappa shape index (κ1) is 15.9. The van der Waals surface area contributed by atoms with E-state index in [1.165, 1.54) is 0 Å². The van der Waals surface area contributed by atoms with Crippen LogP contribution in [0.2, 0.25) is 0 Å². The Bertz CT molecular complexity index is 674. The van der Waals surface area contributed by atoms with Crippen LogP contribution in [-0.4, -0.2) is 65.1 Å². The predicted molar refractivity (Wildman–Crippen MR) is 89.2 cm³/mol. The number of hydrogen-bond donors (Lipinski definition) is 2. The summed E-state index contributed by atoms with van der Waals surface area (Å²) in [4.78, 5) is 15.0. The lowest BCUT2D eigenvalue weighted by Gasteiger charge is -2.28. The fraction of sp³-hybridized carbons (Fsp3) is 0.562. The maximum Gasteiger partial charge on any atom is 0.247 e. The van der Waals surface area contributed by atoms with Crippen LogP contribution in [0.4, 0.5) is 0 Å². The van der Waals surface area contributed by atoms with Crippen molar-refractivity contribution in [2.45, 2.75) is 19.4 Å². The van der Waals surface area contributed by atoms with E-state index in [0.717, 1.165) is 43.8 Å². The highest BCUT2D eigenvalue weighted by atomic mass is 16.2. The molecule has 2 aromatic rings. The Morgan fingerprint density at radius 1 is 1.30 bits per heavy atom. The molecule has 1 fully saturated rings. The van der Waals surface area contributed by atoms with E-state index >= 15 is 0 Å². The summed E-state index contributed by atoms with van der Waals surface area (Å²) in [5.74, 6) is -0.0386. The quantitative estimate of drug-likeness (QED) is 0.823. The predicted octanol–water partition coefficient (Wildman–Crippen LogP) is 0.188. The molecule has 2 heterocycles. The van der Waals surface area contributed by atoms with Crippen molar-refractivity contribution in [3.8, 4) is 0 Å². The maximum absolute atomic E-state index is 12.6. The first-order valence-corrected chi connectivity index (χ1v) is 8.11. The molecule has 2 N–H and O–H groups in total. The molecular weight excluding hydrogens is 292 g/mol. The summed E-state index contributed by atoms with van der Waals surface area (Å²) in [6.07, 6.45) is 0. The molecule has 0 radical (unpaired) electrons. The number of hydrogen-bond acceptors (Lipinski definition) is 5. The molecule has 3 rings (SSSR count). The first-order valence-electron chi connectivity index (χ1n) is 8.11. The van der Waals surface area contributed by atoms with Crippen LogP contribution in [0.1, 0.15) is 13.8 Å². The molecular formula is C16H24N6O. The van der Waals surface area contributed by atoms with E-state index in [0.29, 0.717) is 6.54 Å². The molecule has 0 saturated carbocycles. The highest BCUT2D eigenvalue weighted by Crippen LogP contribution is 2.20. The van der Waals surface area contributed by atoms with Gasteiger partial charge in [-0.05, 0) is 26.0 Å². The van der Waals surface area contributed by atoms with Gasteiger partial charge in [-0.3, -0.25) is 9.69 Å². The Hall–Kier alpha value is -1.99. The Morgan fingerprint density at radius 3 is 2.83 bits per heavy atom. The summed E-state index contributed by atoms with van der Waals surface area (Å²) in [5.41, 5.74) is 0.892. The third-order valence-corrected chi connectivity index (χ3v) is 4.36. The molecule has 1 aromatic carbocycles. The molecule has 0 unspecified atom stereocenters. The molecule has 0 bridgehead atoms.